The molecule has 4 rings (SSSR count). The summed E-state index contributed by atoms with van der Waals surface area (Å²) in [6.45, 7) is 4.30. The molecule has 126 valence electrons. The summed E-state index contributed by atoms with van der Waals surface area (Å²) in [6, 6.07) is 14.4. The third-order valence-electron chi connectivity index (χ3n) is 5.05. The van der Waals surface area contributed by atoms with Gasteiger partial charge in [-0.15, -0.1) is 0 Å². The lowest BCUT2D eigenvalue weighted by atomic mass is 10.1. The van der Waals surface area contributed by atoms with Crippen molar-refractivity contribution in [2.45, 2.75) is 25.4 Å². The molecular formula is C20H23FN2O. The van der Waals surface area contributed by atoms with Crippen LogP contribution < -0.4 is 10.2 Å². The van der Waals surface area contributed by atoms with Crippen molar-refractivity contribution in [3.05, 3.63) is 65.0 Å². The highest BCUT2D eigenvalue weighted by Gasteiger charge is 2.24. The Labute approximate surface area is 142 Å². The maximum Gasteiger partial charge on any atom is 0.126 e. The van der Waals surface area contributed by atoms with Gasteiger partial charge in [-0.1, -0.05) is 24.3 Å². The first-order valence-electron chi connectivity index (χ1n) is 8.73. The van der Waals surface area contributed by atoms with Crippen LogP contribution in [0.25, 0.3) is 0 Å². The third kappa shape index (κ3) is 3.17. The van der Waals surface area contributed by atoms with Crippen LogP contribution in [-0.2, 0) is 17.7 Å². The molecule has 1 saturated heterocycles. The van der Waals surface area contributed by atoms with E-state index in [9.17, 15) is 4.39 Å². The molecule has 3 nitrogen and oxygen atoms in total. The number of morpholine rings is 1. The van der Waals surface area contributed by atoms with Crippen LogP contribution in [0.2, 0.25) is 0 Å². The number of hydrogen-bond donors (Lipinski definition) is 1. The second kappa shape index (κ2) is 6.91. The number of benzene rings is 2. The smallest absolute Gasteiger partial charge is 0.126 e. The van der Waals surface area contributed by atoms with E-state index in [-0.39, 0.29) is 11.9 Å². The highest BCUT2D eigenvalue weighted by Crippen LogP contribution is 2.32. The summed E-state index contributed by atoms with van der Waals surface area (Å²) < 4.78 is 19.3. The molecule has 0 saturated carbocycles. The van der Waals surface area contributed by atoms with Gasteiger partial charge < -0.3 is 15.0 Å². The van der Waals surface area contributed by atoms with Gasteiger partial charge in [0, 0.05) is 31.4 Å². The quantitative estimate of drug-likeness (QED) is 0.931. The minimum atomic E-state index is -0.0638. The molecular weight excluding hydrogens is 303 g/mol. The number of anilines is 1. The lowest BCUT2D eigenvalue weighted by Crippen LogP contribution is -2.36. The Bertz CT molecular complexity index is 713. The van der Waals surface area contributed by atoms with Gasteiger partial charge in [0.1, 0.15) is 5.82 Å². The van der Waals surface area contributed by atoms with E-state index in [2.05, 4.69) is 34.5 Å². The van der Waals surface area contributed by atoms with Gasteiger partial charge in [-0.05, 0) is 47.7 Å². The SMILES string of the molecule is Fc1cccc2c1CCC2NCc1cccc(N2CCOCC2)c1. The Balaban J connectivity index is 1.43. The fourth-order valence-corrected chi connectivity index (χ4v) is 3.75. The van der Waals surface area contributed by atoms with Crippen LogP contribution in [0.3, 0.4) is 0 Å². The Hall–Kier alpha value is -1.91. The van der Waals surface area contributed by atoms with Crippen molar-refractivity contribution in [2.24, 2.45) is 0 Å². The molecule has 4 heteroatoms. The molecule has 2 aromatic carbocycles. The molecule has 0 bridgehead atoms. The van der Waals surface area contributed by atoms with Gasteiger partial charge in [0.05, 0.1) is 13.2 Å². The highest BCUT2D eigenvalue weighted by molar-refractivity contribution is 5.49. The molecule has 0 spiro atoms. The molecule has 2 aromatic rings. The molecule has 1 heterocycles. The van der Waals surface area contributed by atoms with Crippen LogP contribution >= 0.6 is 0 Å². The highest BCUT2D eigenvalue weighted by atomic mass is 19.1. The van der Waals surface area contributed by atoms with Crippen molar-refractivity contribution in [3.63, 3.8) is 0 Å². The number of nitrogens with zero attached hydrogens (tertiary/aromatic N) is 1. The predicted octanol–water partition coefficient (Wildman–Crippen LogP) is 3.44. The normalized spacial score (nSPS) is 20.2. The van der Waals surface area contributed by atoms with Crippen molar-refractivity contribution in [3.8, 4) is 0 Å². The third-order valence-corrected chi connectivity index (χ3v) is 5.05. The van der Waals surface area contributed by atoms with Crippen molar-refractivity contribution in [1.29, 1.82) is 0 Å². The summed E-state index contributed by atoms with van der Waals surface area (Å²) in [5.74, 6) is -0.0638. The van der Waals surface area contributed by atoms with Crippen LogP contribution in [0.1, 0.15) is 29.2 Å². The van der Waals surface area contributed by atoms with Crippen LogP contribution in [0.5, 0.6) is 0 Å². The van der Waals surface area contributed by atoms with E-state index in [4.69, 9.17) is 4.74 Å². The predicted molar refractivity (Wildman–Crippen MR) is 93.8 cm³/mol. The largest absolute Gasteiger partial charge is 0.378 e. The summed E-state index contributed by atoms with van der Waals surface area (Å²) in [5.41, 5.74) is 4.54. The molecule has 1 atom stereocenters. The van der Waals surface area contributed by atoms with Gasteiger partial charge in [-0.2, -0.15) is 0 Å². The Kier molecular flexibility index (Phi) is 4.50. The first kappa shape index (κ1) is 15.6. The molecule has 0 amide bonds. The van der Waals surface area contributed by atoms with E-state index >= 15 is 0 Å². The number of fused-ring (bicyclic) bond motifs is 1. The first-order valence-corrected chi connectivity index (χ1v) is 8.73. The fraction of sp³-hybridized carbons (Fsp3) is 0.400. The van der Waals surface area contributed by atoms with Crippen molar-refractivity contribution in [1.82, 2.24) is 5.32 Å². The number of hydrogen-bond acceptors (Lipinski definition) is 3. The fourth-order valence-electron chi connectivity index (χ4n) is 3.75. The van der Waals surface area contributed by atoms with E-state index in [0.29, 0.717) is 0 Å². The lowest BCUT2D eigenvalue weighted by molar-refractivity contribution is 0.122. The van der Waals surface area contributed by atoms with E-state index < -0.39 is 0 Å². The van der Waals surface area contributed by atoms with E-state index in [1.54, 1.807) is 6.07 Å². The monoisotopic (exact) mass is 326 g/mol. The van der Waals surface area contributed by atoms with Crippen molar-refractivity contribution >= 4 is 5.69 Å². The number of ether oxygens (including phenoxy) is 1. The minimum absolute atomic E-state index is 0.0638. The van der Waals surface area contributed by atoms with Gasteiger partial charge in [0.25, 0.3) is 0 Å². The van der Waals surface area contributed by atoms with Crippen molar-refractivity contribution in [2.75, 3.05) is 31.2 Å². The summed E-state index contributed by atoms with van der Waals surface area (Å²) in [4.78, 5) is 2.37. The molecule has 2 aliphatic rings. The zero-order valence-corrected chi connectivity index (χ0v) is 13.8. The van der Waals surface area contributed by atoms with Crippen LogP contribution in [0, 0.1) is 5.82 Å². The maximum absolute atomic E-state index is 13.8. The summed E-state index contributed by atoms with van der Waals surface area (Å²) in [5, 5.41) is 3.60. The summed E-state index contributed by atoms with van der Waals surface area (Å²) in [6.07, 6.45) is 1.80. The van der Waals surface area contributed by atoms with E-state index in [1.807, 2.05) is 12.1 Å². The minimum Gasteiger partial charge on any atom is -0.378 e. The van der Waals surface area contributed by atoms with Gasteiger partial charge in [-0.3, -0.25) is 0 Å². The lowest BCUT2D eigenvalue weighted by Gasteiger charge is -2.29. The Morgan fingerprint density at radius 2 is 1.96 bits per heavy atom. The average molecular weight is 326 g/mol. The Morgan fingerprint density at radius 3 is 2.83 bits per heavy atom. The second-order valence-corrected chi connectivity index (χ2v) is 6.55. The topological polar surface area (TPSA) is 24.5 Å². The number of rotatable bonds is 4. The molecule has 1 fully saturated rings. The van der Waals surface area contributed by atoms with E-state index in [1.165, 1.54) is 11.3 Å². The van der Waals surface area contributed by atoms with Crippen molar-refractivity contribution < 1.29 is 9.13 Å². The average Bonchev–Trinajstić information content (AvgIpc) is 3.06. The zero-order chi connectivity index (χ0) is 16.4. The molecule has 1 unspecified atom stereocenters. The first-order chi connectivity index (χ1) is 11.8. The van der Waals surface area contributed by atoms with Gasteiger partial charge >= 0.3 is 0 Å². The van der Waals surface area contributed by atoms with Crippen LogP contribution in [0.15, 0.2) is 42.5 Å². The molecule has 24 heavy (non-hydrogen) atoms. The molecule has 1 N–H and O–H groups in total. The maximum atomic E-state index is 13.8. The van der Waals surface area contributed by atoms with Crippen LogP contribution in [-0.4, -0.2) is 26.3 Å². The second-order valence-electron chi connectivity index (χ2n) is 6.55. The number of nitrogens with one attached hydrogen (secondary N) is 1. The standard InChI is InChI=1S/C20H23FN2O/c21-19-6-2-5-18-17(19)7-8-20(18)22-14-15-3-1-4-16(13-15)23-9-11-24-12-10-23/h1-6,13,20,22H,7-12,14H2. The summed E-state index contributed by atoms with van der Waals surface area (Å²) in [7, 11) is 0. The van der Waals surface area contributed by atoms with Gasteiger partial charge in [0.2, 0.25) is 0 Å². The molecule has 1 aliphatic heterocycles. The van der Waals surface area contributed by atoms with Gasteiger partial charge in [0.15, 0.2) is 0 Å². The Morgan fingerprint density at radius 1 is 1.12 bits per heavy atom. The summed E-state index contributed by atoms with van der Waals surface area (Å²) >= 11 is 0. The van der Waals surface area contributed by atoms with E-state index in [0.717, 1.165) is 56.8 Å². The molecule has 0 radical (unpaired) electrons. The number of halogens is 1. The van der Waals surface area contributed by atoms with Gasteiger partial charge in [-0.25, -0.2) is 4.39 Å². The zero-order valence-electron chi connectivity index (χ0n) is 13.8. The molecule has 1 aliphatic carbocycles. The molecule has 0 aromatic heterocycles. The van der Waals surface area contributed by atoms with Crippen LogP contribution in [0.4, 0.5) is 10.1 Å².